The molecular formula is C25H27FN6O3. The Morgan fingerprint density at radius 3 is 2.80 bits per heavy atom. The van der Waals surface area contributed by atoms with Crippen molar-refractivity contribution in [3.63, 3.8) is 0 Å². The Balaban J connectivity index is 1.42. The predicted molar refractivity (Wildman–Crippen MR) is 128 cm³/mol. The van der Waals surface area contributed by atoms with Gasteiger partial charge in [-0.15, -0.1) is 0 Å². The summed E-state index contributed by atoms with van der Waals surface area (Å²) in [5.74, 6) is 4.22. The highest BCUT2D eigenvalue weighted by Crippen LogP contribution is 2.40. The molecule has 4 aromatic rings. The third-order valence-corrected chi connectivity index (χ3v) is 6.79. The number of hydrogen-bond donors (Lipinski definition) is 2. The van der Waals surface area contributed by atoms with Crippen LogP contribution in [0.15, 0.2) is 28.7 Å². The lowest BCUT2D eigenvalue weighted by atomic mass is 9.96. The Hall–Kier alpha value is -3.66. The number of hydrogen-bond acceptors (Lipinski definition) is 8. The average molecular weight is 479 g/mol. The fourth-order valence-corrected chi connectivity index (χ4v) is 5.00. The summed E-state index contributed by atoms with van der Waals surface area (Å²) in [5, 5.41) is 3.46. The van der Waals surface area contributed by atoms with E-state index in [-0.39, 0.29) is 12.6 Å². The third kappa shape index (κ3) is 4.18. The number of aryl methyl sites for hydroxylation is 2. The molecule has 0 bridgehead atoms. The molecule has 2 aliphatic rings. The maximum Gasteiger partial charge on any atom is 0.312 e. The second-order valence-corrected chi connectivity index (χ2v) is 9.18. The van der Waals surface area contributed by atoms with Gasteiger partial charge in [0, 0.05) is 18.5 Å². The van der Waals surface area contributed by atoms with E-state index in [1.54, 1.807) is 0 Å². The number of nitrogens with zero attached hydrogens (tertiary/aromatic N) is 4. The lowest BCUT2D eigenvalue weighted by molar-refractivity contribution is 0.174. The zero-order valence-corrected chi connectivity index (χ0v) is 19.5. The zero-order chi connectivity index (χ0) is 23.9. The number of ether oxygens (including phenoxy) is 2. The second kappa shape index (κ2) is 8.84. The van der Waals surface area contributed by atoms with Crippen molar-refractivity contribution in [1.82, 2.24) is 24.8 Å². The molecule has 1 fully saturated rings. The number of halogens is 1. The van der Waals surface area contributed by atoms with Crippen molar-refractivity contribution in [3.8, 4) is 22.8 Å². The molecule has 1 aromatic carbocycles. The van der Waals surface area contributed by atoms with Gasteiger partial charge >= 0.3 is 6.08 Å². The predicted octanol–water partition coefficient (Wildman–Crippen LogP) is 3.83. The number of nitrogens with two attached hydrogens (primary N) is 1. The van der Waals surface area contributed by atoms with Crippen LogP contribution in [0.5, 0.6) is 11.5 Å². The van der Waals surface area contributed by atoms with Crippen molar-refractivity contribution in [1.29, 1.82) is 0 Å². The van der Waals surface area contributed by atoms with Crippen LogP contribution in [-0.4, -0.2) is 39.4 Å². The zero-order valence-electron chi connectivity index (χ0n) is 19.5. The molecule has 2 aliphatic heterocycles. The summed E-state index contributed by atoms with van der Waals surface area (Å²) in [6, 6.07) is 7.76. The normalized spacial score (nSPS) is 17.4. The highest BCUT2D eigenvalue weighted by atomic mass is 19.1. The summed E-state index contributed by atoms with van der Waals surface area (Å²) in [4.78, 5) is 12.5. The van der Waals surface area contributed by atoms with E-state index in [4.69, 9.17) is 24.6 Å². The molecule has 0 saturated carbocycles. The summed E-state index contributed by atoms with van der Waals surface area (Å²) in [6.07, 6.45) is 2.87. The molecule has 1 saturated heterocycles. The van der Waals surface area contributed by atoms with E-state index in [1.165, 1.54) is 6.42 Å². The lowest BCUT2D eigenvalue weighted by Crippen LogP contribution is -2.30. The van der Waals surface area contributed by atoms with Crippen molar-refractivity contribution >= 4 is 17.0 Å². The van der Waals surface area contributed by atoms with E-state index >= 15 is 0 Å². The van der Waals surface area contributed by atoms with Gasteiger partial charge in [0.05, 0.1) is 0 Å². The average Bonchev–Trinajstić information content (AvgIpc) is 3.56. The van der Waals surface area contributed by atoms with Gasteiger partial charge in [-0.05, 0) is 75.0 Å². The number of furan rings is 1. The minimum absolute atomic E-state index is 0.0411. The van der Waals surface area contributed by atoms with E-state index < -0.39 is 6.08 Å². The summed E-state index contributed by atoms with van der Waals surface area (Å²) < 4.78 is 33.3. The standard InChI is InChI=1S/C25H27FN6O3/c1-14-4-5-18(35-14)17-11-20-19(33-13-34-20)9-16(17)10-21-29-22-23(27)30-25(26)31-24(22)32(21)8-6-15-3-2-7-28-12-15/h4-5,9,11,15,28H,2-3,6-8,10,12-13H2,1H3,(H2,27,30,31). The number of anilines is 1. The fraction of sp³-hybridized carbons (Fsp3) is 0.400. The van der Waals surface area contributed by atoms with Crippen LogP contribution in [0.4, 0.5) is 10.2 Å². The molecule has 0 radical (unpaired) electrons. The number of aromatic nitrogens is 4. The van der Waals surface area contributed by atoms with Gasteiger partial charge in [-0.25, -0.2) is 4.98 Å². The molecule has 3 N–H and O–H groups in total. The summed E-state index contributed by atoms with van der Waals surface area (Å²) >= 11 is 0. The highest BCUT2D eigenvalue weighted by Gasteiger charge is 2.24. The quantitative estimate of drug-likeness (QED) is 0.402. The first kappa shape index (κ1) is 21.8. The summed E-state index contributed by atoms with van der Waals surface area (Å²) in [6.45, 7) is 4.79. The summed E-state index contributed by atoms with van der Waals surface area (Å²) in [7, 11) is 0. The first-order chi connectivity index (χ1) is 17.0. The van der Waals surface area contributed by atoms with E-state index in [0.717, 1.165) is 54.4 Å². The number of nitrogens with one attached hydrogen (secondary N) is 1. The number of nitrogen functional groups attached to an aromatic ring is 1. The van der Waals surface area contributed by atoms with Crippen LogP contribution in [0.25, 0.3) is 22.5 Å². The molecule has 3 aromatic heterocycles. The first-order valence-corrected chi connectivity index (χ1v) is 11.9. The van der Waals surface area contributed by atoms with Crippen LogP contribution in [0.2, 0.25) is 0 Å². The smallest absolute Gasteiger partial charge is 0.312 e. The fourth-order valence-electron chi connectivity index (χ4n) is 5.00. The van der Waals surface area contributed by atoms with Crippen LogP contribution in [-0.2, 0) is 13.0 Å². The molecule has 1 unspecified atom stereocenters. The van der Waals surface area contributed by atoms with Gasteiger partial charge in [0.2, 0.25) is 6.79 Å². The van der Waals surface area contributed by atoms with Crippen molar-refractivity contribution < 1.29 is 18.3 Å². The number of rotatable bonds is 6. The molecular weight excluding hydrogens is 451 g/mol. The lowest BCUT2D eigenvalue weighted by Gasteiger charge is -2.23. The Bertz CT molecular complexity index is 1390. The number of benzene rings is 1. The SMILES string of the molecule is Cc1ccc(-c2cc3c(cc2Cc2nc4c(N)nc(F)nc4n2CCC2CCCNC2)OCO3)o1. The minimum Gasteiger partial charge on any atom is -0.461 e. The van der Waals surface area contributed by atoms with Gasteiger partial charge < -0.3 is 29.5 Å². The van der Waals surface area contributed by atoms with Crippen molar-refractivity contribution in [3.05, 3.63) is 47.5 Å². The molecule has 6 rings (SSSR count). The maximum atomic E-state index is 14.2. The third-order valence-electron chi connectivity index (χ3n) is 6.79. The van der Waals surface area contributed by atoms with Crippen molar-refractivity contribution in [2.45, 2.75) is 39.2 Å². The molecule has 182 valence electrons. The van der Waals surface area contributed by atoms with E-state index in [0.29, 0.717) is 41.5 Å². The Labute approximate surface area is 201 Å². The number of fused-ring (bicyclic) bond motifs is 2. The molecule has 5 heterocycles. The Kier molecular flexibility index (Phi) is 5.52. The van der Waals surface area contributed by atoms with Crippen molar-refractivity contribution in [2.75, 3.05) is 25.6 Å². The van der Waals surface area contributed by atoms with Crippen LogP contribution in [0.1, 0.15) is 36.4 Å². The van der Waals surface area contributed by atoms with Crippen LogP contribution < -0.4 is 20.5 Å². The first-order valence-electron chi connectivity index (χ1n) is 11.9. The van der Waals surface area contributed by atoms with E-state index in [1.807, 2.05) is 35.8 Å². The largest absolute Gasteiger partial charge is 0.461 e. The van der Waals surface area contributed by atoms with E-state index in [2.05, 4.69) is 15.3 Å². The number of piperidine rings is 1. The van der Waals surface area contributed by atoms with Crippen LogP contribution in [0.3, 0.4) is 0 Å². The van der Waals surface area contributed by atoms with Crippen LogP contribution >= 0.6 is 0 Å². The second-order valence-electron chi connectivity index (χ2n) is 9.18. The number of imidazole rings is 1. The van der Waals surface area contributed by atoms with Gasteiger partial charge in [0.25, 0.3) is 0 Å². The summed E-state index contributed by atoms with van der Waals surface area (Å²) in [5.41, 5.74) is 8.72. The topological polar surface area (TPSA) is 113 Å². The minimum atomic E-state index is -0.850. The van der Waals surface area contributed by atoms with Gasteiger partial charge in [-0.1, -0.05) is 0 Å². The van der Waals surface area contributed by atoms with Crippen LogP contribution in [0, 0.1) is 18.9 Å². The molecule has 0 aliphatic carbocycles. The molecule has 0 spiro atoms. The molecule has 0 amide bonds. The van der Waals surface area contributed by atoms with Gasteiger partial charge in [-0.2, -0.15) is 14.4 Å². The molecule has 35 heavy (non-hydrogen) atoms. The molecule has 9 nitrogen and oxygen atoms in total. The molecule has 1 atom stereocenters. The highest BCUT2D eigenvalue weighted by molar-refractivity contribution is 5.82. The van der Waals surface area contributed by atoms with Gasteiger partial charge in [0.1, 0.15) is 17.3 Å². The van der Waals surface area contributed by atoms with E-state index in [9.17, 15) is 4.39 Å². The maximum absolute atomic E-state index is 14.2. The van der Waals surface area contributed by atoms with Gasteiger partial charge in [0.15, 0.2) is 28.5 Å². The van der Waals surface area contributed by atoms with Crippen molar-refractivity contribution in [2.24, 2.45) is 5.92 Å². The Morgan fingerprint density at radius 2 is 2.03 bits per heavy atom. The monoisotopic (exact) mass is 478 g/mol. The molecule has 10 heteroatoms. The Morgan fingerprint density at radius 1 is 1.17 bits per heavy atom. The van der Waals surface area contributed by atoms with Gasteiger partial charge in [-0.3, -0.25) is 0 Å².